The monoisotopic (exact) mass is 397 g/mol. The third-order valence-electron chi connectivity index (χ3n) is 2.49. The molecule has 0 aromatic heterocycles. The Labute approximate surface area is 131 Å². The molecule has 1 amide bonds. The van der Waals surface area contributed by atoms with E-state index in [-0.39, 0.29) is 5.91 Å². The van der Waals surface area contributed by atoms with Crippen LogP contribution in [0.5, 0.6) is 0 Å². The van der Waals surface area contributed by atoms with Gasteiger partial charge in [-0.2, -0.15) is 11.8 Å². The molecule has 18 heavy (non-hydrogen) atoms. The van der Waals surface area contributed by atoms with Gasteiger partial charge in [0.2, 0.25) is 0 Å². The molecule has 0 fully saturated rings. The molecule has 0 saturated heterocycles. The van der Waals surface area contributed by atoms with Crippen molar-refractivity contribution in [2.45, 2.75) is 19.3 Å². The van der Waals surface area contributed by atoms with Crippen molar-refractivity contribution in [2.75, 3.05) is 18.6 Å². The summed E-state index contributed by atoms with van der Waals surface area (Å²) in [5.74, 6) is 1.15. The first kappa shape index (κ1) is 16.1. The second-order valence-electron chi connectivity index (χ2n) is 3.94. The Hall–Kier alpha value is 0.0600. The van der Waals surface area contributed by atoms with E-state index in [4.69, 9.17) is 11.6 Å². The van der Waals surface area contributed by atoms with Gasteiger partial charge in [-0.05, 0) is 65.6 Å². The molecule has 0 unspecified atom stereocenters. The maximum Gasteiger partial charge on any atom is 0.251 e. The molecular weight excluding hydrogens is 381 g/mol. The van der Waals surface area contributed by atoms with Crippen LogP contribution in [0, 0.1) is 3.57 Å². The number of carbonyl (C=O) groups excluding carboxylic acids is 1. The third kappa shape index (κ3) is 5.80. The summed E-state index contributed by atoms with van der Waals surface area (Å²) in [6.45, 7) is 0.733. The second kappa shape index (κ2) is 9.04. The lowest BCUT2D eigenvalue weighted by Gasteiger charge is -2.06. The average molecular weight is 398 g/mol. The number of hydrogen-bond acceptors (Lipinski definition) is 2. The van der Waals surface area contributed by atoms with Gasteiger partial charge in [0.25, 0.3) is 5.91 Å². The number of rotatable bonds is 7. The molecule has 0 atom stereocenters. The molecule has 1 N–H and O–H groups in total. The highest BCUT2D eigenvalue weighted by Gasteiger charge is 2.06. The first-order valence-electron chi connectivity index (χ1n) is 5.87. The Morgan fingerprint density at radius 1 is 1.39 bits per heavy atom. The van der Waals surface area contributed by atoms with Gasteiger partial charge in [-0.3, -0.25) is 4.79 Å². The summed E-state index contributed by atoms with van der Waals surface area (Å²) in [5, 5.41) is 3.54. The normalized spacial score (nSPS) is 10.4. The molecule has 1 rings (SSSR count). The fourth-order valence-electron chi connectivity index (χ4n) is 1.49. The van der Waals surface area contributed by atoms with E-state index >= 15 is 0 Å². The Morgan fingerprint density at radius 2 is 2.17 bits per heavy atom. The van der Waals surface area contributed by atoms with Gasteiger partial charge in [0.15, 0.2) is 0 Å². The molecule has 0 saturated carbocycles. The lowest BCUT2D eigenvalue weighted by Crippen LogP contribution is -2.24. The summed E-state index contributed by atoms with van der Waals surface area (Å²) < 4.78 is 0.961. The second-order valence-corrected chi connectivity index (χ2v) is 6.49. The van der Waals surface area contributed by atoms with E-state index < -0.39 is 0 Å². The van der Waals surface area contributed by atoms with Crippen LogP contribution in [0.15, 0.2) is 18.2 Å². The number of amides is 1. The van der Waals surface area contributed by atoms with Crippen molar-refractivity contribution >= 4 is 51.9 Å². The highest BCUT2D eigenvalue weighted by molar-refractivity contribution is 14.1. The molecule has 1 aromatic rings. The first-order valence-corrected chi connectivity index (χ1v) is 8.72. The van der Waals surface area contributed by atoms with Gasteiger partial charge < -0.3 is 5.32 Å². The van der Waals surface area contributed by atoms with Gasteiger partial charge in [-0.15, -0.1) is 0 Å². The van der Waals surface area contributed by atoms with Gasteiger partial charge in [-0.1, -0.05) is 18.0 Å². The highest BCUT2D eigenvalue weighted by Crippen LogP contribution is 2.19. The smallest absolute Gasteiger partial charge is 0.251 e. The van der Waals surface area contributed by atoms with Gasteiger partial charge in [0, 0.05) is 15.7 Å². The molecule has 2 nitrogen and oxygen atoms in total. The predicted octanol–water partition coefficient (Wildman–Crippen LogP) is 4.21. The summed E-state index contributed by atoms with van der Waals surface area (Å²) in [6.07, 6.45) is 5.52. The quantitative estimate of drug-likeness (QED) is 0.552. The number of unbranched alkanes of at least 4 members (excludes halogenated alkanes) is 2. The standard InChI is InChI=1S/C13H17ClINOS/c1-18-8-4-2-3-7-16-13(17)10-5-6-12(15)11(14)9-10/h5-6,9H,2-4,7-8H2,1H3,(H,16,17). The maximum absolute atomic E-state index is 11.8. The number of halogens is 2. The molecule has 0 bridgehead atoms. The molecule has 0 aliphatic rings. The van der Waals surface area contributed by atoms with Crippen molar-refractivity contribution in [1.29, 1.82) is 0 Å². The zero-order valence-electron chi connectivity index (χ0n) is 10.3. The number of hydrogen-bond donors (Lipinski definition) is 1. The minimum Gasteiger partial charge on any atom is -0.352 e. The van der Waals surface area contributed by atoms with E-state index in [9.17, 15) is 4.79 Å². The molecule has 0 aliphatic heterocycles. The number of benzene rings is 1. The van der Waals surface area contributed by atoms with Gasteiger partial charge >= 0.3 is 0 Å². The van der Waals surface area contributed by atoms with Crippen LogP contribution in [-0.4, -0.2) is 24.5 Å². The van der Waals surface area contributed by atoms with E-state index in [1.165, 1.54) is 12.2 Å². The number of nitrogens with one attached hydrogen (secondary N) is 1. The predicted molar refractivity (Wildman–Crippen MR) is 88.7 cm³/mol. The van der Waals surface area contributed by atoms with Crippen molar-refractivity contribution in [3.63, 3.8) is 0 Å². The summed E-state index contributed by atoms with van der Waals surface area (Å²) in [6, 6.07) is 5.37. The number of thioether (sulfide) groups is 1. The lowest BCUT2D eigenvalue weighted by molar-refractivity contribution is 0.0953. The van der Waals surface area contributed by atoms with Crippen molar-refractivity contribution in [3.8, 4) is 0 Å². The molecule has 100 valence electrons. The zero-order chi connectivity index (χ0) is 13.4. The maximum atomic E-state index is 11.8. The first-order chi connectivity index (χ1) is 8.65. The fraction of sp³-hybridized carbons (Fsp3) is 0.462. The van der Waals surface area contributed by atoms with Crippen molar-refractivity contribution in [2.24, 2.45) is 0 Å². The molecule has 0 aliphatic carbocycles. The minimum absolute atomic E-state index is 0.0434. The Bertz CT molecular complexity index is 401. The topological polar surface area (TPSA) is 29.1 Å². The Morgan fingerprint density at radius 3 is 2.83 bits per heavy atom. The van der Waals surface area contributed by atoms with Crippen molar-refractivity contribution in [3.05, 3.63) is 32.4 Å². The van der Waals surface area contributed by atoms with Gasteiger partial charge in [0.05, 0.1) is 5.02 Å². The number of carbonyl (C=O) groups is 1. The van der Waals surface area contributed by atoms with Crippen LogP contribution in [0.1, 0.15) is 29.6 Å². The van der Waals surface area contributed by atoms with Gasteiger partial charge in [-0.25, -0.2) is 0 Å². The average Bonchev–Trinajstić information content (AvgIpc) is 2.36. The zero-order valence-corrected chi connectivity index (χ0v) is 14.1. The Kier molecular flexibility index (Phi) is 8.10. The van der Waals surface area contributed by atoms with Crippen LogP contribution in [0.2, 0.25) is 5.02 Å². The Balaban J connectivity index is 2.30. The van der Waals surface area contributed by atoms with E-state index in [1.54, 1.807) is 12.1 Å². The largest absolute Gasteiger partial charge is 0.352 e. The molecule has 1 aromatic carbocycles. The molecular formula is C13H17ClINOS. The summed E-state index contributed by atoms with van der Waals surface area (Å²) >= 11 is 10.00. The van der Waals surface area contributed by atoms with E-state index in [1.807, 2.05) is 17.8 Å². The van der Waals surface area contributed by atoms with Gasteiger partial charge in [0.1, 0.15) is 0 Å². The van der Waals surface area contributed by atoms with Crippen LogP contribution in [0.3, 0.4) is 0 Å². The molecule has 0 radical (unpaired) electrons. The highest BCUT2D eigenvalue weighted by atomic mass is 127. The van der Waals surface area contributed by atoms with Crippen molar-refractivity contribution < 1.29 is 4.79 Å². The summed E-state index contributed by atoms with van der Waals surface area (Å²) in [4.78, 5) is 11.8. The lowest BCUT2D eigenvalue weighted by atomic mass is 10.2. The van der Waals surface area contributed by atoms with E-state index in [0.29, 0.717) is 10.6 Å². The van der Waals surface area contributed by atoms with Crippen molar-refractivity contribution in [1.82, 2.24) is 5.32 Å². The summed E-state index contributed by atoms with van der Waals surface area (Å²) in [7, 11) is 0. The SMILES string of the molecule is CSCCCCCNC(=O)c1ccc(I)c(Cl)c1. The van der Waals surface area contributed by atoms with Crippen LogP contribution >= 0.6 is 46.0 Å². The van der Waals surface area contributed by atoms with Crippen LogP contribution in [0.25, 0.3) is 0 Å². The summed E-state index contributed by atoms with van der Waals surface area (Å²) in [5.41, 5.74) is 0.629. The van der Waals surface area contributed by atoms with E-state index in [2.05, 4.69) is 34.2 Å². The van der Waals surface area contributed by atoms with Crippen LogP contribution < -0.4 is 5.32 Å². The minimum atomic E-state index is -0.0434. The fourth-order valence-corrected chi connectivity index (χ4v) is 2.50. The van der Waals surface area contributed by atoms with Crippen LogP contribution in [0.4, 0.5) is 0 Å². The van der Waals surface area contributed by atoms with E-state index in [0.717, 1.165) is 23.0 Å². The molecule has 0 heterocycles. The third-order valence-corrected chi connectivity index (χ3v) is 4.76. The molecule has 5 heteroatoms. The molecule has 0 spiro atoms. The van der Waals surface area contributed by atoms with Crippen LogP contribution in [-0.2, 0) is 0 Å².